The van der Waals surface area contributed by atoms with Gasteiger partial charge in [0, 0.05) is 5.41 Å². The molecule has 0 amide bonds. The molecule has 0 bridgehead atoms. The Hall–Kier alpha value is -2.70. The summed E-state index contributed by atoms with van der Waals surface area (Å²) in [4.78, 5) is 45.2. The highest BCUT2D eigenvalue weighted by Gasteiger charge is 2.32. The third-order valence-electron chi connectivity index (χ3n) is 5.10. The molecule has 0 N–H and O–H groups in total. The lowest BCUT2D eigenvalue weighted by Crippen LogP contribution is -2.34. The van der Waals surface area contributed by atoms with E-state index in [2.05, 4.69) is 41.5 Å². The second-order valence-electron chi connectivity index (χ2n) is 11.3. The first-order valence-corrected chi connectivity index (χ1v) is 11.1. The molecule has 6 nitrogen and oxygen atoms in total. The zero-order valence-corrected chi connectivity index (χ0v) is 21.1. The van der Waals surface area contributed by atoms with Gasteiger partial charge < -0.3 is 0 Å². The Morgan fingerprint density at radius 3 is 1.12 bits per heavy atom. The molecule has 0 fully saturated rings. The van der Waals surface area contributed by atoms with Gasteiger partial charge in [-0.15, -0.1) is 9.78 Å². The van der Waals surface area contributed by atoms with Gasteiger partial charge in [0.15, 0.2) is 0 Å². The van der Waals surface area contributed by atoms with Crippen LogP contribution >= 0.6 is 0 Å². The molecule has 0 saturated heterocycles. The average Bonchev–Trinajstić information content (AvgIpc) is 2.71. The van der Waals surface area contributed by atoms with E-state index in [1.165, 1.54) is 0 Å². The average molecular weight is 457 g/mol. The lowest BCUT2D eigenvalue weighted by Gasteiger charge is -2.26. The van der Waals surface area contributed by atoms with Gasteiger partial charge in [-0.05, 0) is 46.2 Å². The molecule has 0 atom stereocenters. The predicted molar refractivity (Wildman–Crippen MR) is 127 cm³/mol. The molecule has 2 rings (SSSR count). The van der Waals surface area contributed by atoms with Crippen molar-refractivity contribution in [3.05, 3.63) is 70.8 Å². The van der Waals surface area contributed by atoms with Crippen LogP contribution in [0.15, 0.2) is 48.5 Å². The summed E-state index contributed by atoms with van der Waals surface area (Å²) in [5, 5.41) is 0. The summed E-state index contributed by atoms with van der Waals surface area (Å²) in [7, 11) is 0. The monoisotopic (exact) mass is 456 g/mol. The Morgan fingerprint density at radius 2 is 0.879 bits per heavy atom. The summed E-state index contributed by atoms with van der Waals surface area (Å²) in [6.07, 6.45) is -1.13. The van der Waals surface area contributed by atoms with Gasteiger partial charge in [0.05, 0.1) is 11.1 Å². The number of rotatable bonds is 6. The van der Waals surface area contributed by atoms with Crippen molar-refractivity contribution in [2.75, 3.05) is 0 Å². The van der Waals surface area contributed by atoms with Crippen molar-refractivity contribution in [1.82, 2.24) is 0 Å². The Kier molecular flexibility index (Phi) is 8.09. The third kappa shape index (κ3) is 7.69. The molecule has 2 aromatic rings. The topological polar surface area (TPSA) is 71.1 Å². The first-order valence-electron chi connectivity index (χ1n) is 11.1. The van der Waals surface area contributed by atoms with Gasteiger partial charge >= 0.3 is 11.9 Å². The summed E-state index contributed by atoms with van der Waals surface area (Å²) in [6, 6.07) is 14.2. The number of benzene rings is 2. The van der Waals surface area contributed by atoms with Crippen molar-refractivity contribution in [3.63, 3.8) is 0 Å². The van der Waals surface area contributed by atoms with Gasteiger partial charge in [0.25, 0.3) is 6.29 Å². The molecule has 0 aromatic heterocycles. The largest absolute Gasteiger partial charge is 0.373 e. The van der Waals surface area contributed by atoms with E-state index in [9.17, 15) is 9.59 Å². The summed E-state index contributed by atoms with van der Waals surface area (Å²) in [6.45, 7) is 18.0. The standard InChI is InChI=1S/C27H36O6/c1-25(2,3)20-14-10-18(11-15-20)22(28)30-32-24(27(7,8)9)33-31-23(29)19-12-16-21(17-13-19)26(4,5)6/h10-17,24H,1-9H3. The highest BCUT2D eigenvalue weighted by atomic mass is 17.3. The molecule has 0 aliphatic heterocycles. The molecule has 6 heteroatoms. The zero-order chi connectivity index (χ0) is 25.0. The SMILES string of the molecule is CC(C)(C)c1ccc(C(=O)OOC(OOC(=O)c2ccc(C(C)(C)C)cc2)C(C)(C)C)cc1. The van der Waals surface area contributed by atoms with Crippen LogP contribution in [0, 0.1) is 5.41 Å². The number of hydrogen-bond donors (Lipinski definition) is 0. The minimum absolute atomic E-state index is 0.0267. The fourth-order valence-electron chi connectivity index (χ4n) is 2.79. The molecule has 0 spiro atoms. The maximum atomic E-state index is 12.4. The van der Waals surface area contributed by atoms with Gasteiger partial charge in [0.1, 0.15) is 0 Å². The Balaban J connectivity index is 1.98. The van der Waals surface area contributed by atoms with Crippen LogP contribution in [0.25, 0.3) is 0 Å². The van der Waals surface area contributed by atoms with E-state index in [1.54, 1.807) is 45.0 Å². The van der Waals surface area contributed by atoms with Gasteiger partial charge in [-0.2, -0.15) is 0 Å². The molecular formula is C27H36O6. The molecule has 2 aromatic carbocycles. The Morgan fingerprint density at radius 1 is 0.576 bits per heavy atom. The molecule has 0 heterocycles. The van der Waals surface area contributed by atoms with Gasteiger partial charge in [-0.1, -0.05) is 86.6 Å². The van der Waals surface area contributed by atoms with Gasteiger partial charge in [0.2, 0.25) is 0 Å². The second-order valence-corrected chi connectivity index (χ2v) is 11.3. The van der Waals surface area contributed by atoms with Crippen LogP contribution in [0.2, 0.25) is 0 Å². The quantitative estimate of drug-likeness (QED) is 0.280. The number of carbonyl (C=O) groups excluding carboxylic acids is 2. The van der Waals surface area contributed by atoms with Crippen molar-refractivity contribution in [2.45, 2.75) is 79.4 Å². The van der Waals surface area contributed by atoms with Crippen LogP contribution in [0.3, 0.4) is 0 Å². The van der Waals surface area contributed by atoms with Crippen molar-refractivity contribution >= 4 is 11.9 Å². The van der Waals surface area contributed by atoms with Gasteiger partial charge in [-0.3, -0.25) is 9.78 Å². The van der Waals surface area contributed by atoms with Crippen LogP contribution in [-0.2, 0) is 30.4 Å². The van der Waals surface area contributed by atoms with E-state index < -0.39 is 23.6 Å². The summed E-state index contributed by atoms with van der Waals surface area (Å²) in [5.41, 5.74) is 2.17. The summed E-state index contributed by atoms with van der Waals surface area (Å²) in [5.74, 6) is -1.34. The lowest BCUT2D eigenvalue weighted by atomic mass is 9.87. The van der Waals surface area contributed by atoms with Crippen molar-refractivity contribution in [2.24, 2.45) is 5.41 Å². The maximum Gasteiger partial charge on any atom is 0.373 e. The number of carbonyl (C=O) groups is 2. The normalized spacial score (nSPS) is 12.5. The summed E-state index contributed by atoms with van der Waals surface area (Å²) >= 11 is 0. The molecule has 0 saturated carbocycles. The van der Waals surface area contributed by atoms with Crippen molar-refractivity contribution in [3.8, 4) is 0 Å². The summed E-state index contributed by atoms with van der Waals surface area (Å²) < 4.78 is 0. The smallest absolute Gasteiger partial charge is 0.290 e. The predicted octanol–water partition coefficient (Wildman–Crippen LogP) is 6.53. The van der Waals surface area contributed by atoms with E-state index in [1.807, 2.05) is 24.3 Å². The van der Waals surface area contributed by atoms with E-state index in [4.69, 9.17) is 19.6 Å². The fraction of sp³-hybridized carbons (Fsp3) is 0.481. The first-order chi connectivity index (χ1) is 15.1. The van der Waals surface area contributed by atoms with Gasteiger partial charge in [-0.25, -0.2) is 9.59 Å². The molecule has 0 aliphatic carbocycles. The van der Waals surface area contributed by atoms with Crippen molar-refractivity contribution < 1.29 is 29.1 Å². The highest BCUT2D eigenvalue weighted by molar-refractivity contribution is 5.89. The highest BCUT2D eigenvalue weighted by Crippen LogP contribution is 2.26. The third-order valence-corrected chi connectivity index (χ3v) is 5.10. The molecule has 0 radical (unpaired) electrons. The molecular weight excluding hydrogens is 420 g/mol. The maximum absolute atomic E-state index is 12.4. The first kappa shape index (κ1) is 26.6. The zero-order valence-electron chi connectivity index (χ0n) is 21.1. The van der Waals surface area contributed by atoms with Crippen LogP contribution in [0.5, 0.6) is 0 Å². The van der Waals surface area contributed by atoms with E-state index in [0.29, 0.717) is 11.1 Å². The van der Waals surface area contributed by atoms with Crippen LogP contribution in [-0.4, -0.2) is 18.2 Å². The Bertz CT molecular complexity index is 865. The lowest BCUT2D eigenvalue weighted by molar-refractivity contribution is -0.442. The van der Waals surface area contributed by atoms with E-state index in [-0.39, 0.29) is 10.8 Å². The minimum Gasteiger partial charge on any atom is -0.290 e. The van der Waals surface area contributed by atoms with E-state index in [0.717, 1.165) is 11.1 Å². The molecule has 33 heavy (non-hydrogen) atoms. The second kappa shape index (κ2) is 10.1. The fourth-order valence-corrected chi connectivity index (χ4v) is 2.79. The number of hydrogen-bond acceptors (Lipinski definition) is 6. The molecule has 180 valence electrons. The molecule has 0 unspecified atom stereocenters. The Labute approximate surface area is 197 Å². The molecule has 0 aliphatic rings. The van der Waals surface area contributed by atoms with Crippen LogP contribution < -0.4 is 0 Å². The minimum atomic E-state index is -1.13. The van der Waals surface area contributed by atoms with Crippen LogP contribution in [0.4, 0.5) is 0 Å². The van der Waals surface area contributed by atoms with Crippen LogP contribution in [0.1, 0.15) is 94.2 Å². The van der Waals surface area contributed by atoms with E-state index >= 15 is 0 Å². The van der Waals surface area contributed by atoms with Crippen molar-refractivity contribution in [1.29, 1.82) is 0 Å².